The van der Waals surface area contributed by atoms with Gasteiger partial charge >= 0.3 is 37.2 Å². The molecule has 9 heteroatoms. The molecule has 0 aliphatic carbocycles. The molecule has 7 nitrogen and oxygen atoms in total. The Bertz CT molecular complexity index is 842. The maximum absolute atomic E-state index is 12.6. The van der Waals surface area contributed by atoms with E-state index in [9.17, 15) is 14.2 Å². The number of nitrogens with one attached hydrogen (secondary N) is 1. The Balaban J connectivity index is 0.00000420. The van der Waals surface area contributed by atoms with Crippen molar-refractivity contribution in [1.82, 2.24) is 0 Å². The first-order valence-electron chi connectivity index (χ1n) is 8.93. The van der Waals surface area contributed by atoms with Gasteiger partial charge in [-0.05, 0) is 43.5 Å². The maximum atomic E-state index is 12.6. The minimum absolute atomic E-state index is 0. The minimum Gasteiger partial charge on any atom is -1.00 e. The summed E-state index contributed by atoms with van der Waals surface area (Å²) in [5.74, 6) is -0.526. The fraction of sp³-hybridized carbons (Fsp3) is 0.300. The van der Waals surface area contributed by atoms with E-state index in [1.807, 2.05) is 36.4 Å². The van der Waals surface area contributed by atoms with Gasteiger partial charge in [0.05, 0.1) is 18.9 Å². The number of benzene rings is 2. The van der Waals surface area contributed by atoms with Crippen LogP contribution in [0.2, 0.25) is 0 Å². The molecule has 1 N–H and O–H groups in total. The summed E-state index contributed by atoms with van der Waals surface area (Å²) in [6, 6.07) is 15.0. The van der Waals surface area contributed by atoms with Gasteiger partial charge in [-0.25, -0.2) is 0 Å². The second kappa shape index (κ2) is 13.0. The van der Waals surface area contributed by atoms with Gasteiger partial charge in [-0.2, -0.15) is 0 Å². The third-order valence-corrected chi connectivity index (χ3v) is 5.44. The van der Waals surface area contributed by atoms with Crippen LogP contribution in [0.1, 0.15) is 26.4 Å². The second-order valence-corrected chi connectivity index (χ2v) is 7.82. The Morgan fingerprint density at radius 3 is 2.31 bits per heavy atom. The van der Waals surface area contributed by atoms with Gasteiger partial charge in [0.25, 0.3) is 5.91 Å². The fourth-order valence-corrected chi connectivity index (χ4v) is 3.85. The SMILES string of the molecule is CCOP(=O)(COc1cc(Cc2ccccc2)ccc1NC(=O)C=O)OCC.[H-].[Na+]. The third-order valence-electron chi connectivity index (χ3n) is 3.69. The van der Waals surface area contributed by atoms with Crippen molar-refractivity contribution in [3.8, 4) is 5.75 Å². The Kier molecular flexibility index (Phi) is 11.4. The number of carbonyl (C=O) groups is 2. The van der Waals surface area contributed by atoms with E-state index < -0.39 is 13.5 Å². The molecule has 0 unspecified atom stereocenters. The molecule has 29 heavy (non-hydrogen) atoms. The van der Waals surface area contributed by atoms with Gasteiger partial charge in [-0.15, -0.1) is 0 Å². The van der Waals surface area contributed by atoms with Gasteiger partial charge in [0, 0.05) is 0 Å². The fourth-order valence-electron chi connectivity index (χ4n) is 2.55. The number of hydrogen-bond acceptors (Lipinski definition) is 6. The van der Waals surface area contributed by atoms with Crippen LogP contribution in [0.25, 0.3) is 0 Å². The first-order valence-corrected chi connectivity index (χ1v) is 10.7. The predicted octanol–water partition coefficient (Wildman–Crippen LogP) is 1.13. The molecule has 0 radical (unpaired) electrons. The van der Waals surface area contributed by atoms with Crippen molar-refractivity contribution in [3.05, 3.63) is 59.7 Å². The summed E-state index contributed by atoms with van der Waals surface area (Å²) < 4.78 is 28.8. The number of carbonyl (C=O) groups excluding carboxylic acids is 2. The molecule has 0 atom stereocenters. The summed E-state index contributed by atoms with van der Waals surface area (Å²) in [5.41, 5.74) is 2.33. The van der Waals surface area contributed by atoms with E-state index >= 15 is 0 Å². The second-order valence-electron chi connectivity index (χ2n) is 5.82. The van der Waals surface area contributed by atoms with Gasteiger partial charge in [-0.1, -0.05) is 36.4 Å². The molecule has 0 heterocycles. The van der Waals surface area contributed by atoms with Crippen LogP contribution >= 0.6 is 7.60 Å². The van der Waals surface area contributed by atoms with E-state index in [-0.39, 0.29) is 62.6 Å². The van der Waals surface area contributed by atoms with E-state index in [4.69, 9.17) is 13.8 Å². The Labute approximate surface area is 194 Å². The molecule has 0 fully saturated rings. The first-order chi connectivity index (χ1) is 13.5. The Morgan fingerprint density at radius 1 is 1.07 bits per heavy atom. The molecule has 2 rings (SSSR count). The molecule has 0 saturated carbocycles. The summed E-state index contributed by atoms with van der Waals surface area (Å²) in [4.78, 5) is 22.2. The van der Waals surface area contributed by atoms with Crippen molar-refractivity contribution in [2.24, 2.45) is 0 Å². The van der Waals surface area contributed by atoms with Crippen molar-refractivity contribution in [2.75, 3.05) is 24.9 Å². The first kappa shape index (κ1) is 25.6. The zero-order chi connectivity index (χ0) is 20.4. The number of ether oxygens (including phenoxy) is 1. The maximum Gasteiger partial charge on any atom is 1.00 e. The minimum atomic E-state index is -3.43. The average molecular weight is 429 g/mol. The summed E-state index contributed by atoms with van der Waals surface area (Å²) >= 11 is 0. The average Bonchev–Trinajstić information content (AvgIpc) is 2.69. The van der Waals surface area contributed by atoms with Gasteiger partial charge in [-0.3, -0.25) is 14.2 Å². The van der Waals surface area contributed by atoms with Crippen LogP contribution in [0.3, 0.4) is 0 Å². The Morgan fingerprint density at radius 2 is 1.72 bits per heavy atom. The van der Waals surface area contributed by atoms with E-state index in [0.29, 0.717) is 12.1 Å². The van der Waals surface area contributed by atoms with Gasteiger partial charge in [0.1, 0.15) is 5.75 Å². The summed E-state index contributed by atoms with van der Waals surface area (Å²) in [6.45, 7) is 3.84. The zero-order valence-corrected chi connectivity index (χ0v) is 19.8. The van der Waals surface area contributed by atoms with Crippen LogP contribution in [0.4, 0.5) is 5.69 Å². The Hall–Kier alpha value is -1.47. The number of aldehydes is 1. The van der Waals surface area contributed by atoms with E-state index in [2.05, 4.69) is 5.32 Å². The van der Waals surface area contributed by atoms with Gasteiger partial charge in [0.2, 0.25) is 6.29 Å². The molecule has 2 aromatic rings. The molecule has 0 spiro atoms. The largest absolute Gasteiger partial charge is 1.00 e. The smallest absolute Gasteiger partial charge is 1.00 e. The van der Waals surface area contributed by atoms with Crippen molar-refractivity contribution in [1.29, 1.82) is 0 Å². The van der Waals surface area contributed by atoms with Crippen LogP contribution in [-0.2, 0) is 29.6 Å². The number of rotatable bonds is 11. The standard InChI is InChI=1S/C20H24NO6P.Na.H/c1-3-26-28(24,27-4-2)15-25-19-13-17(12-16-8-6-5-7-9-16)10-11-18(19)21-20(23)14-22;;/h5-11,13-14H,3-4,12,15H2,1-2H3,(H,21,23);;/q;+1;-1. The van der Waals surface area contributed by atoms with Crippen molar-refractivity contribution < 1.29 is 58.9 Å². The number of hydrogen-bond donors (Lipinski definition) is 1. The molecule has 2 aromatic carbocycles. The molecular formula is C20H25NNaO6P. The van der Waals surface area contributed by atoms with Crippen LogP contribution in [0.5, 0.6) is 5.75 Å². The van der Waals surface area contributed by atoms with Crippen LogP contribution < -0.4 is 39.6 Å². The molecule has 1 amide bonds. The van der Waals surface area contributed by atoms with E-state index in [1.54, 1.807) is 26.0 Å². The molecule has 152 valence electrons. The van der Waals surface area contributed by atoms with Crippen molar-refractivity contribution >= 4 is 25.5 Å². The van der Waals surface area contributed by atoms with Gasteiger partial charge < -0.3 is 20.5 Å². The topological polar surface area (TPSA) is 90.9 Å². The monoisotopic (exact) mass is 429 g/mol. The molecule has 0 aliphatic heterocycles. The molecule has 0 aromatic heterocycles. The molecule has 0 saturated heterocycles. The third kappa shape index (κ3) is 8.42. The molecular weight excluding hydrogens is 404 g/mol. The summed E-state index contributed by atoms with van der Waals surface area (Å²) in [5, 5.41) is 2.45. The van der Waals surface area contributed by atoms with Crippen LogP contribution in [-0.4, -0.2) is 31.8 Å². The van der Waals surface area contributed by atoms with E-state index in [0.717, 1.165) is 11.1 Å². The normalized spacial score (nSPS) is 10.7. The zero-order valence-electron chi connectivity index (χ0n) is 17.9. The van der Waals surface area contributed by atoms with Gasteiger partial charge in [0.15, 0.2) is 6.35 Å². The number of anilines is 1. The van der Waals surface area contributed by atoms with Crippen LogP contribution in [0, 0.1) is 0 Å². The van der Waals surface area contributed by atoms with Crippen molar-refractivity contribution in [3.63, 3.8) is 0 Å². The van der Waals surface area contributed by atoms with E-state index in [1.165, 1.54) is 0 Å². The predicted molar refractivity (Wildman–Crippen MR) is 108 cm³/mol. The van der Waals surface area contributed by atoms with Crippen LogP contribution in [0.15, 0.2) is 48.5 Å². The molecule has 0 aliphatic rings. The van der Waals surface area contributed by atoms with Crippen molar-refractivity contribution in [2.45, 2.75) is 20.3 Å². The quantitative estimate of drug-likeness (QED) is 0.249. The summed E-state index contributed by atoms with van der Waals surface area (Å²) in [7, 11) is -3.43. The molecule has 0 bridgehead atoms. The summed E-state index contributed by atoms with van der Waals surface area (Å²) in [6.07, 6.45) is 0.508. The number of amides is 1.